The number of anilines is 1. The zero-order valence-corrected chi connectivity index (χ0v) is 11.3. The Hall–Kier alpha value is -1.13. The van der Waals surface area contributed by atoms with Crippen LogP contribution in [-0.2, 0) is 13.6 Å². The van der Waals surface area contributed by atoms with Crippen LogP contribution in [0.25, 0.3) is 0 Å². The van der Waals surface area contributed by atoms with Crippen molar-refractivity contribution in [3.8, 4) is 0 Å². The van der Waals surface area contributed by atoms with Gasteiger partial charge in [-0.25, -0.2) is 4.98 Å². The molecule has 0 aliphatic heterocycles. The molecular formula is C12H14ClN3S. The largest absolute Gasteiger partial charge is 0.378 e. The van der Waals surface area contributed by atoms with Gasteiger partial charge in [-0.2, -0.15) is 0 Å². The molecule has 0 radical (unpaired) electrons. The second kappa shape index (κ2) is 5.47. The van der Waals surface area contributed by atoms with E-state index in [0.29, 0.717) is 11.7 Å². The molecule has 1 heterocycles. The molecule has 90 valence electrons. The van der Waals surface area contributed by atoms with E-state index in [0.717, 1.165) is 11.5 Å². The van der Waals surface area contributed by atoms with Gasteiger partial charge >= 0.3 is 0 Å². The highest BCUT2D eigenvalue weighted by molar-refractivity contribution is 7.98. The normalized spacial score (nSPS) is 10.5. The van der Waals surface area contributed by atoms with Crippen molar-refractivity contribution in [3.63, 3.8) is 0 Å². The summed E-state index contributed by atoms with van der Waals surface area (Å²) in [5.74, 6) is 0.921. The molecule has 0 unspecified atom stereocenters. The first-order valence-corrected chi connectivity index (χ1v) is 6.85. The number of benzene rings is 1. The Balaban J connectivity index is 2.04. The van der Waals surface area contributed by atoms with Gasteiger partial charge in [-0.1, -0.05) is 17.7 Å². The highest BCUT2D eigenvalue weighted by atomic mass is 35.5. The third kappa shape index (κ3) is 2.96. The third-order valence-electron chi connectivity index (χ3n) is 2.55. The highest BCUT2D eigenvalue weighted by Crippen LogP contribution is 2.19. The van der Waals surface area contributed by atoms with Crippen LogP contribution in [0.1, 0.15) is 5.82 Å². The smallest absolute Gasteiger partial charge is 0.128 e. The van der Waals surface area contributed by atoms with Crippen LogP contribution in [0.4, 0.5) is 5.69 Å². The van der Waals surface area contributed by atoms with Gasteiger partial charge in [-0.3, -0.25) is 0 Å². The third-order valence-corrected chi connectivity index (χ3v) is 3.62. The molecule has 0 fully saturated rings. The van der Waals surface area contributed by atoms with E-state index in [1.165, 1.54) is 4.90 Å². The fourth-order valence-electron chi connectivity index (χ4n) is 1.50. The minimum absolute atomic E-state index is 0.652. The summed E-state index contributed by atoms with van der Waals surface area (Å²) >= 11 is 7.66. The van der Waals surface area contributed by atoms with Crippen molar-refractivity contribution < 1.29 is 0 Å². The van der Waals surface area contributed by atoms with Crippen molar-refractivity contribution in [2.75, 3.05) is 11.6 Å². The predicted molar refractivity (Wildman–Crippen MR) is 73.8 cm³/mol. The fraction of sp³-hybridized carbons (Fsp3) is 0.250. The topological polar surface area (TPSA) is 29.9 Å². The lowest BCUT2D eigenvalue weighted by Crippen LogP contribution is -2.05. The van der Waals surface area contributed by atoms with Crippen LogP contribution in [-0.4, -0.2) is 15.8 Å². The molecule has 0 spiro atoms. The second-order valence-electron chi connectivity index (χ2n) is 3.64. The summed E-state index contributed by atoms with van der Waals surface area (Å²) in [7, 11) is 1.91. The summed E-state index contributed by atoms with van der Waals surface area (Å²) in [5, 5.41) is 3.99. The second-order valence-corrected chi connectivity index (χ2v) is 4.91. The average molecular weight is 268 g/mol. The summed E-state index contributed by atoms with van der Waals surface area (Å²) in [4.78, 5) is 5.48. The number of imidazole rings is 1. The zero-order chi connectivity index (χ0) is 12.3. The minimum atomic E-state index is 0.652. The summed E-state index contributed by atoms with van der Waals surface area (Å²) in [6, 6.07) is 8.30. The minimum Gasteiger partial charge on any atom is -0.378 e. The van der Waals surface area contributed by atoms with Gasteiger partial charge in [0.15, 0.2) is 0 Å². The van der Waals surface area contributed by atoms with Crippen molar-refractivity contribution >= 4 is 29.1 Å². The summed E-state index contributed by atoms with van der Waals surface area (Å²) < 4.78 is 1.87. The van der Waals surface area contributed by atoms with Gasteiger partial charge in [0.1, 0.15) is 11.0 Å². The van der Waals surface area contributed by atoms with Crippen molar-refractivity contribution in [1.82, 2.24) is 9.55 Å². The van der Waals surface area contributed by atoms with Gasteiger partial charge in [0.2, 0.25) is 0 Å². The summed E-state index contributed by atoms with van der Waals surface area (Å²) in [6.45, 7) is 0.668. The van der Waals surface area contributed by atoms with E-state index in [4.69, 9.17) is 11.6 Å². The predicted octanol–water partition coefficient (Wildman–Crippen LogP) is 3.41. The molecule has 3 nitrogen and oxygen atoms in total. The van der Waals surface area contributed by atoms with Crippen molar-refractivity contribution in [1.29, 1.82) is 0 Å². The maximum atomic E-state index is 5.93. The molecule has 1 N–H and O–H groups in total. The first kappa shape index (κ1) is 12.3. The van der Waals surface area contributed by atoms with Crippen LogP contribution >= 0.6 is 23.4 Å². The van der Waals surface area contributed by atoms with Gasteiger partial charge < -0.3 is 9.88 Å². The summed E-state index contributed by atoms with van der Waals surface area (Å²) in [5.41, 5.74) is 1.09. The van der Waals surface area contributed by atoms with Gasteiger partial charge in [0.05, 0.1) is 12.7 Å². The van der Waals surface area contributed by atoms with Crippen LogP contribution in [0.2, 0.25) is 5.15 Å². The van der Waals surface area contributed by atoms with Gasteiger partial charge in [-0.05, 0) is 24.5 Å². The highest BCUT2D eigenvalue weighted by Gasteiger charge is 2.03. The van der Waals surface area contributed by atoms with Crippen molar-refractivity contribution in [2.24, 2.45) is 7.05 Å². The molecule has 0 bridgehead atoms. The Bertz CT molecular complexity index is 510. The maximum Gasteiger partial charge on any atom is 0.128 e. The van der Waals surface area contributed by atoms with E-state index in [2.05, 4.69) is 28.7 Å². The van der Waals surface area contributed by atoms with Crippen LogP contribution in [0.5, 0.6) is 0 Å². The zero-order valence-electron chi connectivity index (χ0n) is 9.77. The number of thioether (sulfide) groups is 1. The molecule has 0 aliphatic carbocycles. The monoisotopic (exact) mass is 267 g/mol. The van der Waals surface area contributed by atoms with E-state index in [1.807, 2.05) is 23.7 Å². The Morgan fingerprint density at radius 1 is 1.47 bits per heavy atom. The first-order chi connectivity index (χ1) is 8.20. The van der Waals surface area contributed by atoms with Gasteiger partial charge in [0.25, 0.3) is 0 Å². The number of nitrogens with zero attached hydrogens (tertiary/aromatic N) is 2. The van der Waals surface area contributed by atoms with E-state index >= 15 is 0 Å². The Morgan fingerprint density at radius 2 is 2.29 bits per heavy atom. The molecule has 1 aromatic heterocycles. The number of hydrogen-bond donors (Lipinski definition) is 1. The van der Waals surface area contributed by atoms with Gasteiger partial charge in [0, 0.05) is 17.6 Å². The molecular weight excluding hydrogens is 254 g/mol. The number of nitrogens with one attached hydrogen (secondary N) is 1. The lowest BCUT2D eigenvalue weighted by atomic mass is 10.3. The maximum absolute atomic E-state index is 5.93. The molecule has 0 amide bonds. The van der Waals surface area contributed by atoms with Crippen LogP contribution in [0.15, 0.2) is 35.4 Å². The lowest BCUT2D eigenvalue weighted by Gasteiger charge is -2.07. The lowest BCUT2D eigenvalue weighted by molar-refractivity contribution is 0.813. The van der Waals surface area contributed by atoms with Gasteiger partial charge in [-0.15, -0.1) is 11.8 Å². The summed E-state index contributed by atoms with van der Waals surface area (Å²) in [6.07, 6.45) is 3.73. The van der Waals surface area contributed by atoms with E-state index in [-0.39, 0.29) is 0 Å². The standard InChI is InChI=1S/C12H14ClN3S/c1-16-11(13)7-15-12(16)8-14-9-4-3-5-10(6-9)17-2/h3-7,14H,8H2,1-2H3. The van der Waals surface area contributed by atoms with Crippen LogP contribution in [0.3, 0.4) is 0 Å². The Labute approximate surface area is 110 Å². The number of halogens is 1. The molecule has 0 aliphatic rings. The first-order valence-electron chi connectivity index (χ1n) is 5.24. The molecule has 2 aromatic rings. The molecule has 1 aromatic carbocycles. The number of aromatic nitrogens is 2. The molecule has 0 saturated carbocycles. The average Bonchev–Trinajstić information content (AvgIpc) is 2.68. The van der Waals surface area contributed by atoms with Crippen LogP contribution < -0.4 is 5.32 Å². The molecule has 5 heteroatoms. The number of rotatable bonds is 4. The van der Waals surface area contributed by atoms with E-state index in [1.54, 1.807) is 18.0 Å². The molecule has 2 rings (SSSR count). The van der Waals surface area contributed by atoms with Crippen molar-refractivity contribution in [2.45, 2.75) is 11.4 Å². The Kier molecular flexibility index (Phi) is 3.97. The molecule has 17 heavy (non-hydrogen) atoms. The van der Waals surface area contributed by atoms with Crippen LogP contribution in [0, 0.1) is 0 Å². The fourth-order valence-corrected chi connectivity index (χ4v) is 2.11. The number of hydrogen-bond acceptors (Lipinski definition) is 3. The van der Waals surface area contributed by atoms with Crippen molar-refractivity contribution in [3.05, 3.63) is 41.4 Å². The SMILES string of the molecule is CSc1cccc(NCc2ncc(Cl)n2C)c1. The Morgan fingerprint density at radius 3 is 2.94 bits per heavy atom. The molecule has 0 atom stereocenters. The van der Waals surface area contributed by atoms with E-state index < -0.39 is 0 Å². The van der Waals surface area contributed by atoms with E-state index in [9.17, 15) is 0 Å². The molecule has 0 saturated heterocycles. The quantitative estimate of drug-likeness (QED) is 0.861.